The molecule has 106 valence electrons. The highest BCUT2D eigenvalue weighted by molar-refractivity contribution is 5.85. The van der Waals surface area contributed by atoms with Gasteiger partial charge >= 0.3 is 0 Å². The normalized spacial score (nSPS) is 23.9. The van der Waals surface area contributed by atoms with Gasteiger partial charge in [0.25, 0.3) is 0 Å². The Kier molecular flexibility index (Phi) is 4.85. The van der Waals surface area contributed by atoms with Crippen molar-refractivity contribution in [1.82, 2.24) is 5.32 Å². The van der Waals surface area contributed by atoms with E-state index in [0.29, 0.717) is 11.5 Å². The number of halogens is 1. The molecule has 1 fully saturated rings. The fraction of sp³-hybridized carbons (Fsp3) is 0.333. The average Bonchev–Trinajstić information content (AvgIpc) is 3.23. The topological polar surface area (TPSA) is 12.0 Å². The molecule has 2 aromatic carbocycles. The standard InChI is InChI=1S/C18H21N.ClH/c1-2-18(19-14-15-9-5-3-6-10-15)13-17(18)16-11-7-4-8-12-16;/h3-12,17,19H,2,13-14H2,1H3;1H. The highest BCUT2D eigenvalue weighted by atomic mass is 35.5. The van der Waals surface area contributed by atoms with Gasteiger partial charge in [-0.15, -0.1) is 12.4 Å². The predicted molar refractivity (Wildman–Crippen MR) is 87.4 cm³/mol. The second kappa shape index (κ2) is 6.43. The number of nitrogens with one attached hydrogen (secondary N) is 1. The van der Waals surface area contributed by atoms with E-state index >= 15 is 0 Å². The van der Waals surface area contributed by atoms with Crippen LogP contribution in [0.25, 0.3) is 0 Å². The lowest BCUT2D eigenvalue weighted by Gasteiger charge is -2.18. The highest BCUT2D eigenvalue weighted by Gasteiger charge is 2.52. The summed E-state index contributed by atoms with van der Waals surface area (Å²) in [4.78, 5) is 0. The molecule has 0 amide bonds. The number of rotatable bonds is 5. The molecule has 0 saturated heterocycles. The molecule has 2 atom stereocenters. The van der Waals surface area contributed by atoms with Gasteiger partial charge in [-0.3, -0.25) is 0 Å². The Morgan fingerprint density at radius 1 is 1.00 bits per heavy atom. The van der Waals surface area contributed by atoms with Crippen LogP contribution in [0, 0.1) is 0 Å². The van der Waals surface area contributed by atoms with Crippen molar-refractivity contribution in [2.75, 3.05) is 0 Å². The van der Waals surface area contributed by atoms with E-state index in [1.54, 1.807) is 0 Å². The van der Waals surface area contributed by atoms with E-state index in [1.165, 1.54) is 24.0 Å². The van der Waals surface area contributed by atoms with Gasteiger partial charge in [-0.25, -0.2) is 0 Å². The van der Waals surface area contributed by atoms with Crippen LogP contribution in [-0.4, -0.2) is 5.54 Å². The van der Waals surface area contributed by atoms with Crippen molar-refractivity contribution in [3.63, 3.8) is 0 Å². The van der Waals surface area contributed by atoms with E-state index < -0.39 is 0 Å². The van der Waals surface area contributed by atoms with Crippen LogP contribution in [0.3, 0.4) is 0 Å². The first-order chi connectivity index (χ1) is 9.34. The number of hydrogen-bond acceptors (Lipinski definition) is 1. The van der Waals surface area contributed by atoms with Crippen LogP contribution < -0.4 is 5.32 Å². The van der Waals surface area contributed by atoms with Gasteiger partial charge in [0.2, 0.25) is 0 Å². The lowest BCUT2D eigenvalue weighted by molar-refractivity contribution is 0.468. The molecule has 1 nitrogen and oxygen atoms in total. The Balaban J connectivity index is 0.00000147. The van der Waals surface area contributed by atoms with Crippen LogP contribution in [0.1, 0.15) is 36.8 Å². The maximum atomic E-state index is 3.78. The molecule has 1 aliphatic carbocycles. The second-order valence-electron chi connectivity index (χ2n) is 5.52. The molecule has 0 aliphatic heterocycles. The summed E-state index contributed by atoms with van der Waals surface area (Å²) >= 11 is 0. The van der Waals surface area contributed by atoms with Crippen LogP contribution in [0.4, 0.5) is 0 Å². The van der Waals surface area contributed by atoms with Gasteiger partial charge in [-0.05, 0) is 24.0 Å². The summed E-state index contributed by atoms with van der Waals surface area (Å²) < 4.78 is 0. The first-order valence-corrected chi connectivity index (χ1v) is 7.18. The van der Waals surface area contributed by atoms with Crippen molar-refractivity contribution in [3.8, 4) is 0 Å². The quantitative estimate of drug-likeness (QED) is 0.852. The predicted octanol–water partition coefficient (Wildman–Crippen LogP) is 4.53. The third-order valence-electron chi connectivity index (χ3n) is 4.40. The molecule has 0 spiro atoms. The van der Waals surface area contributed by atoms with Gasteiger partial charge < -0.3 is 5.32 Å². The SMILES string of the molecule is CCC1(NCc2ccccc2)CC1c1ccccc1.Cl. The summed E-state index contributed by atoms with van der Waals surface area (Å²) in [5, 5.41) is 3.78. The summed E-state index contributed by atoms with van der Waals surface area (Å²) in [5.74, 6) is 0.683. The molecular formula is C18H22ClN. The minimum absolute atomic E-state index is 0. The summed E-state index contributed by atoms with van der Waals surface area (Å²) in [5.41, 5.74) is 3.16. The zero-order chi connectivity index (χ0) is 13.1. The van der Waals surface area contributed by atoms with Gasteiger partial charge in [0.15, 0.2) is 0 Å². The molecule has 0 radical (unpaired) electrons. The van der Waals surface area contributed by atoms with Crippen LogP contribution in [-0.2, 0) is 6.54 Å². The van der Waals surface area contributed by atoms with Crippen molar-refractivity contribution in [2.45, 2.75) is 37.8 Å². The summed E-state index contributed by atoms with van der Waals surface area (Å²) in [7, 11) is 0. The summed E-state index contributed by atoms with van der Waals surface area (Å²) in [6, 6.07) is 21.6. The maximum absolute atomic E-state index is 3.78. The molecule has 1 saturated carbocycles. The molecule has 2 unspecified atom stereocenters. The van der Waals surface area contributed by atoms with Crippen LogP contribution in [0.2, 0.25) is 0 Å². The minimum Gasteiger partial charge on any atom is -0.307 e. The van der Waals surface area contributed by atoms with Crippen LogP contribution >= 0.6 is 12.4 Å². The molecule has 0 heterocycles. The van der Waals surface area contributed by atoms with Gasteiger partial charge in [-0.1, -0.05) is 67.6 Å². The summed E-state index contributed by atoms with van der Waals surface area (Å²) in [6.07, 6.45) is 2.46. The molecular weight excluding hydrogens is 266 g/mol. The zero-order valence-corrected chi connectivity index (χ0v) is 12.7. The highest BCUT2D eigenvalue weighted by Crippen LogP contribution is 2.53. The first kappa shape index (κ1) is 15.1. The van der Waals surface area contributed by atoms with Crippen molar-refractivity contribution in [1.29, 1.82) is 0 Å². The van der Waals surface area contributed by atoms with Gasteiger partial charge in [0.05, 0.1) is 0 Å². The van der Waals surface area contributed by atoms with E-state index in [0.717, 1.165) is 6.54 Å². The third kappa shape index (κ3) is 3.05. The van der Waals surface area contributed by atoms with Crippen LogP contribution in [0.15, 0.2) is 60.7 Å². The number of hydrogen-bond donors (Lipinski definition) is 1. The van der Waals surface area contributed by atoms with E-state index in [9.17, 15) is 0 Å². The Bertz CT molecular complexity index is 526. The lowest BCUT2D eigenvalue weighted by Crippen LogP contribution is -2.31. The Hall–Kier alpha value is -1.31. The Morgan fingerprint density at radius 3 is 2.20 bits per heavy atom. The van der Waals surface area contributed by atoms with Gasteiger partial charge in [-0.2, -0.15) is 0 Å². The molecule has 0 bridgehead atoms. The molecule has 2 aromatic rings. The molecule has 1 N–H and O–H groups in total. The van der Waals surface area contributed by atoms with Crippen molar-refractivity contribution in [2.24, 2.45) is 0 Å². The monoisotopic (exact) mass is 287 g/mol. The fourth-order valence-corrected chi connectivity index (χ4v) is 3.01. The third-order valence-corrected chi connectivity index (χ3v) is 4.40. The number of benzene rings is 2. The molecule has 1 aliphatic rings. The Morgan fingerprint density at radius 2 is 1.60 bits per heavy atom. The fourth-order valence-electron chi connectivity index (χ4n) is 3.01. The smallest absolute Gasteiger partial charge is 0.0257 e. The van der Waals surface area contributed by atoms with E-state index in [2.05, 4.69) is 72.9 Å². The molecule has 3 rings (SSSR count). The molecule has 0 aromatic heterocycles. The minimum atomic E-state index is 0. The second-order valence-corrected chi connectivity index (χ2v) is 5.52. The van der Waals surface area contributed by atoms with Gasteiger partial charge in [0.1, 0.15) is 0 Å². The van der Waals surface area contributed by atoms with Crippen molar-refractivity contribution in [3.05, 3.63) is 71.8 Å². The lowest BCUT2D eigenvalue weighted by atomic mass is 10.0. The maximum Gasteiger partial charge on any atom is 0.0257 e. The average molecular weight is 288 g/mol. The van der Waals surface area contributed by atoms with Crippen molar-refractivity contribution >= 4 is 12.4 Å². The largest absolute Gasteiger partial charge is 0.307 e. The van der Waals surface area contributed by atoms with Gasteiger partial charge in [0, 0.05) is 18.0 Å². The molecule has 2 heteroatoms. The summed E-state index contributed by atoms with van der Waals surface area (Å²) in [6.45, 7) is 3.26. The van der Waals surface area contributed by atoms with E-state index in [1.807, 2.05) is 0 Å². The zero-order valence-electron chi connectivity index (χ0n) is 11.9. The molecule has 20 heavy (non-hydrogen) atoms. The van der Waals surface area contributed by atoms with Crippen LogP contribution in [0.5, 0.6) is 0 Å². The van der Waals surface area contributed by atoms with E-state index in [4.69, 9.17) is 0 Å². The van der Waals surface area contributed by atoms with E-state index in [-0.39, 0.29) is 12.4 Å². The first-order valence-electron chi connectivity index (χ1n) is 7.18. The van der Waals surface area contributed by atoms with Crippen molar-refractivity contribution < 1.29 is 0 Å². The Labute approximate surface area is 127 Å².